The number of unbranched alkanes of at least 4 members (excludes halogenated alkanes) is 1. The standard InChI is InChI=1S/C18H28N2O2/c1-21-16-7-6-8-17-15(16)13-18(14-22-17)9-2-4-11-20(18)12-5-3-10-19/h6-8H,2-5,9-14,19H2,1H3/t18-/m1/s1. The highest BCUT2D eigenvalue weighted by molar-refractivity contribution is 5.47. The first-order valence-electron chi connectivity index (χ1n) is 8.53. The van der Waals surface area contributed by atoms with Gasteiger partial charge in [-0.05, 0) is 57.5 Å². The van der Waals surface area contributed by atoms with E-state index in [0.717, 1.165) is 44.0 Å². The molecule has 1 spiro atoms. The van der Waals surface area contributed by atoms with Crippen molar-refractivity contribution in [2.45, 2.75) is 44.1 Å². The smallest absolute Gasteiger partial charge is 0.126 e. The lowest BCUT2D eigenvalue weighted by molar-refractivity contribution is -0.00532. The predicted molar refractivity (Wildman–Crippen MR) is 88.6 cm³/mol. The molecule has 1 fully saturated rings. The summed E-state index contributed by atoms with van der Waals surface area (Å²) < 4.78 is 11.7. The van der Waals surface area contributed by atoms with Gasteiger partial charge in [0.25, 0.3) is 0 Å². The second kappa shape index (κ2) is 6.88. The van der Waals surface area contributed by atoms with Crippen LogP contribution in [0.4, 0.5) is 0 Å². The number of likely N-dealkylation sites (tertiary alicyclic amines) is 1. The van der Waals surface area contributed by atoms with Crippen LogP contribution >= 0.6 is 0 Å². The highest BCUT2D eigenvalue weighted by atomic mass is 16.5. The molecule has 2 aliphatic heterocycles. The highest BCUT2D eigenvalue weighted by Gasteiger charge is 2.43. The average Bonchev–Trinajstić information content (AvgIpc) is 2.56. The largest absolute Gasteiger partial charge is 0.496 e. The van der Waals surface area contributed by atoms with Crippen molar-refractivity contribution in [3.8, 4) is 11.5 Å². The molecule has 0 aromatic heterocycles. The Morgan fingerprint density at radius 2 is 2.23 bits per heavy atom. The fraction of sp³-hybridized carbons (Fsp3) is 0.667. The van der Waals surface area contributed by atoms with Crippen LogP contribution in [-0.4, -0.2) is 43.8 Å². The minimum atomic E-state index is 0.147. The van der Waals surface area contributed by atoms with E-state index in [-0.39, 0.29) is 5.54 Å². The van der Waals surface area contributed by atoms with E-state index in [1.165, 1.54) is 37.8 Å². The number of ether oxygens (including phenoxy) is 2. The van der Waals surface area contributed by atoms with Crippen LogP contribution in [0.25, 0.3) is 0 Å². The molecular weight excluding hydrogens is 276 g/mol. The van der Waals surface area contributed by atoms with Crippen molar-refractivity contribution in [1.82, 2.24) is 4.90 Å². The molecule has 122 valence electrons. The molecule has 2 N–H and O–H groups in total. The zero-order valence-electron chi connectivity index (χ0n) is 13.6. The lowest BCUT2D eigenvalue weighted by Gasteiger charge is -2.49. The van der Waals surface area contributed by atoms with E-state index in [0.29, 0.717) is 0 Å². The molecule has 4 heteroatoms. The van der Waals surface area contributed by atoms with E-state index < -0.39 is 0 Å². The number of piperidine rings is 1. The minimum absolute atomic E-state index is 0.147. The maximum Gasteiger partial charge on any atom is 0.126 e. The molecule has 0 bridgehead atoms. The van der Waals surface area contributed by atoms with Gasteiger partial charge in [-0.25, -0.2) is 0 Å². The molecule has 0 radical (unpaired) electrons. The first-order valence-corrected chi connectivity index (χ1v) is 8.53. The summed E-state index contributed by atoms with van der Waals surface area (Å²) in [6.07, 6.45) is 7.12. The highest BCUT2D eigenvalue weighted by Crippen LogP contribution is 2.42. The number of fused-ring (bicyclic) bond motifs is 1. The molecule has 0 aliphatic carbocycles. The topological polar surface area (TPSA) is 47.7 Å². The van der Waals surface area contributed by atoms with Gasteiger partial charge in [0.15, 0.2) is 0 Å². The van der Waals surface area contributed by atoms with Crippen LogP contribution in [0, 0.1) is 0 Å². The van der Waals surface area contributed by atoms with Crippen molar-refractivity contribution in [1.29, 1.82) is 0 Å². The van der Waals surface area contributed by atoms with Crippen molar-refractivity contribution in [2.75, 3.05) is 33.4 Å². The van der Waals surface area contributed by atoms with Gasteiger partial charge in [0, 0.05) is 12.0 Å². The Kier molecular flexibility index (Phi) is 4.89. The summed E-state index contributed by atoms with van der Waals surface area (Å²) in [5.41, 5.74) is 7.04. The van der Waals surface area contributed by atoms with Crippen molar-refractivity contribution >= 4 is 0 Å². The fourth-order valence-corrected chi connectivity index (χ4v) is 3.95. The Morgan fingerprint density at radius 1 is 1.32 bits per heavy atom. The molecule has 0 unspecified atom stereocenters. The van der Waals surface area contributed by atoms with Crippen LogP contribution in [0.1, 0.15) is 37.7 Å². The van der Waals surface area contributed by atoms with Gasteiger partial charge in [-0.2, -0.15) is 0 Å². The monoisotopic (exact) mass is 304 g/mol. The third-order valence-corrected chi connectivity index (χ3v) is 5.19. The van der Waals surface area contributed by atoms with E-state index in [1.54, 1.807) is 7.11 Å². The lowest BCUT2D eigenvalue weighted by Crippen LogP contribution is -2.58. The van der Waals surface area contributed by atoms with Crippen LogP contribution in [0.2, 0.25) is 0 Å². The quantitative estimate of drug-likeness (QED) is 0.850. The number of nitrogens with two attached hydrogens (primary N) is 1. The Labute approximate surface area is 133 Å². The van der Waals surface area contributed by atoms with E-state index >= 15 is 0 Å². The predicted octanol–water partition coefficient (Wildman–Crippen LogP) is 2.59. The van der Waals surface area contributed by atoms with Crippen molar-refractivity contribution in [3.05, 3.63) is 23.8 Å². The molecular formula is C18H28N2O2. The Morgan fingerprint density at radius 3 is 3.05 bits per heavy atom. The Balaban J connectivity index is 1.82. The molecule has 4 nitrogen and oxygen atoms in total. The Bertz CT molecular complexity index is 492. The molecule has 1 aromatic carbocycles. The first-order chi connectivity index (χ1) is 10.8. The molecule has 1 saturated heterocycles. The van der Waals surface area contributed by atoms with Crippen LogP contribution in [0.3, 0.4) is 0 Å². The number of hydrogen-bond acceptors (Lipinski definition) is 4. The molecule has 2 heterocycles. The van der Waals surface area contributed by atoms with Crippen LogP contribution in [0.15, 0.2) is 18.2 Å². The number of methoxy groups -OCH3 is 1. The average molecular weight is 304 g/mol. The molecule has 0 amide bonds. The molecule has 3 rings (SSSR count). The second-order valence-electron chi connectivity index (χ2n) is 6.57. The Hall–Kier alpha value is -1.26. The second-order valence-corrected chi connectivity index (χ2v) is 6.57. The van der Waals surface area contributed by atoms with Gasteiger partial charge in [0.1, 0.15) is 18.1 Å². The molecule has 1 atom stereocenters. The van der Waals surface area contributed by atoms with Crippen molar-refractivity contribution < 1.29 is 9.47 Å². The van der Waals surface area contributed by atoms with Gasteiger partial charge in [0.05, 0.1) is 12.6 Å². The lowest BCUT2D eigenvalue weighted by atomic mass is 9.79. The molecule has 2 aliphatic rings. The zero-order valence-corrected chi connectivity index (χ0v) is 13.6. The summed E-state index contributed by atoms with van der Waals surface area (Å²) in [5, 5.41) is 0. The van der Waals surface area contributed by atoms with E-state index in [1.807, 2.05) is 12.1 Å². The van der Waals surface area contributed by atoms with Crippen molar-refractivity contribution in [2.24, 2.45) is 5.73 Å². The number of rotatable bonds is 5. The van der Waals surface area contributed by atoms with Crippen LogP contribution < -0.4 is 15.2 Å². The zero-order chi connectivity index (χ0) is 15.4. The first kappa shape index (κ1) is 15.6. The van der Waals surface area contributed by atoms with Gasteiger partial charge in [-0.1, -0.05) is 12.5 Å². The third-order valence-electron chi connectivity index (χ3n) is 5.19. The van der Waals surface area contributed by atoms with E-state index in [2.05, 4.69) is 11.0 Å². The fourth-order valence-electron chi connectivity index (χ4n) is 3.95. The van der Waals surface area contributed by atoms with Crippen LogP contribution in [0.5, 0.6) is 11.5 Å². The van der Waals surface area contributed by atoms with Crippen molar-refractivity contribution in [3.63, 3.8) is 0 Å². The molecule has 0 saturated carbocycles. The normalized spacial score (nSPS) is 24.8. The SMILES string of the molecule is COc1cccc2c1C[C@]1(CCCCN1CCCCN)CO2. The van der Waals surface area contributed by atoms with Gasteiger partial charge in [-0.3, -0.25) is 4.90 Å². The summed E-state index contributed by atoms with van der Waals surface area (Å²) in [5.74, 6) is 1.96. The summed E-state index contributed by atoms with van der Waals surface area (Å²) in [6.45, 7) is 3.90. The number of hydrogen-bond donors (Lipinski definition) is 1. The van der Waals surface area contributed by atoms with Gasteiger partial charge < -0.3 is 15.2 Å². The van der Waals surface area contributed by atoms with E-state index in [9.17, 15) is 0 Å². The maximum absolute atomic E-state index is 6.15. The number of benzene rings is 1. The third kappa shape index (κ3) is 2.95. The number of nitrogens with zero attached hydrogens (tertiary/aromatic N) is 1. The van der Waals surface area contributed by atoms with E-state index in [4.69, 9.17) is 15.2 Å². The maximum atomic E-state index is 6.15. The minimum Gasteiger partial charge on any atom is -0.496 e. The summed E-state index contributed by atoms with van der Waals surface area (Å²) in [6, 6.07) is 6.12. The summed E-state index contributed by atoms with van der Waals surface area (Å²) in [4.78, 5) is 2.65. The van der Waals surface area contributed by atoms with Crippen LogP contribution in [-0.2, 0) is 6.42 Å². The molecule has 22 heavy (non-hydrogen) atoms. The van der Waals surface area contributed by atoms with Gasteiger partial charge in [-0.15, -0.1) is 0 Å². The molecule has 1 aromatic rings. The summed E-state index contributed by atoms with van der Waals surface area (Å²) >= 11 is 0. The summed E-state index contributed by atoms with van der Waals surface area (Å²) in [7, 11) is 1.75. The van der Waals surface area contributed by atoms with Gasteiger partial charge in [0.2, 0.25) is 0 Å². The van der Waals surface area contributed by atoms with Gasteiger partial charge >= 0.3 is 0 Å².